The molecule has 0 aliphatic heterocycles. The Kier molecular flexibility index (Phi) is 4.36. The second-order valence-corrected chi connectivity index (χ2v) is 4.03. The van der Waals surface area contributed by atoms with Gasteiger partial charge in [0.25, 0.3) is 11.4 Å². The van der Waals surface area contributed by atoms with Gasteiger partial charge in [0.1, 0.15) is 5.56 Å². The molecule has 0 amide bonds. The van der Waals surface area contributed by atoms with Crippen LogP contribution in [0.25, 0.3) is 6.08 Å². The number of carboxylic acid groups (broad SMARTS) is 1. The van der Waals surface area contributed by atoms with Crippen LogP contribution in [0.3, 0.4) is 0 Å². The molecule has 0 radical (unpaired) electrons. The molecule has 1 aromatic rings. The Labute approximate surface area is 113 Å². The van der Waals surface area contributed by atoms with E-state index in [1.165, 1.54) is 12.3 Å². The Morgan fingerprint density at radius 3 is 1.95 bits per heavy atom. The molecule has 0 unspecified atom stereocenters. The molecule has 0 saturated carbocycles. The van der Waals surface area contributed by atoms with Crippen molar-refractivity contribution in [1.29, 1.82) is 0 Å². The molecule has 0 fully saturated rings. The summed E-state index contributed by atoms with van der Waals surface area (Å²) < 4.78 is 0. The van der Waals surface area contributed by atoms with Crippen molar-refractivity contribution in [3.05, 3.63) is 49.7 Å². The van der Waals surface area contributed by atoms with Gasteiger partial charge in [-0.2, -0.15) is 0 Å². The fourth-order valence-corrected chi connectivity index (χ4v) is 1.44. The van der Waals surface area contributed by atoms with Crippen molar-refractivity contribution >= 4 is 23.4 Å². The van der Waals surface area contributed by atoms with E-state index in [1.54, 1.807) is 19.0 Å². The van der Waals surface area contributed by atoms with Crippen molar-refractivity contribution in [2.24, 2.45) is 0 Å². The highest BCUT2D eigenvalue weighted by Crippen LogP contribution is 2.31. The van der Waals surface area contributed by atoms with E-state index < -0.39 is 32.8 Å². The molecule has 0 atom stereocenters. The summed E-state index contributed by atoms with van der Waals surface area (Å²) in [5, 5.41) is 30.8. The van der Waals surface area contributed by atoms with Gasteiger partial charge in [-0.1, -0.05) is 0 Å². The molecule has 9 heteroatoms. The minimum atomic E-state index is -1.47. The zero-order chi connectivity index (χ0) is 15.4. The summed E-state index contributed by atoms with van der Waals surface area (Å²) in [5.41, 5.74) is -2.02. The van der Waals surface area contributed by atoms with Crippen molar-refractivity contribution in [2.75, 3.05) is 14.1 Å². The van der Waals surface area contributed by atoms with Gasteiger partial charge in [-0.25, -0.2) is 4.79 Å². The first-order valence-electron chi connectivity index (χ1n) is 5.28. The van der Waals surface area contributed by atoms with Crippen molar-refractivity contribution < 1.29 is 19.7 Å². The molecule has 1 rings (SSSR count). The van der Waals surface area contributed by atoms with E-state index in [4.69, 9.17) is 5.11 Å². The average Bonchev–Trinajstić information content (AvgIpc) is 2.34. The Morgan fingerprint density at radius 1 is 1.20 bits per heavy atom. The van der Waals surface area contributed by atoms with Crippen molar-refractivity contribution in [3.8, 4) is 0 Å². The van der Waals surface area contributed by atoms with E-state index in [0.717, 1.165) is 12.1 Å². The molecule has 106 valence electrons. The molecule has 0 heterocycles. The third-order valence-corrected chi connectivity index (χ3v) is 2.32. The molecule has 20 heavy (non-hydrogen) atoms. The van der Waals surface area contributed by atoms with Crippen LogP contribution in [0.5, 0.6) is 0 Å². The number of nitrogens with zero attached hydrogens (tertiary/aromatic N) is 3. The van der Waals surface area contributed by atoms with Gasteiger partial charge < -0.3 is 10.0 Å². The lowest BCUT2D eigenvalue weighted by Crippen LogP contribution is -2.05. The number of hydrogen-bond donors (Lipinski definition) is 1. The maximum Gasteiger partial charge on any atom is 0.336 e. The summed E-state index contributed by atoms with van der Waals surface area (Å²) in [6.45, 7) is 0. The topological polar surface area (TPSA) is 127 Å². The van der Waals surface area contributed by atoms with Crippen LogP contribution in [0, 0.1) is 20.2 Å². The van der Waals surface area contributed by atoms with Gasteiger partial charge in [-0.05, 0) is 12.3 Å². The SMILES string of the molecule is CN(C)C=Cc1c([N+](=O)[O-])cc(C(=O)O)cc1[N+](=O)[O-]. The zero-order valence-electron chi connectivity index (χ0n) is 10.6. The van der Waals surface area contributed by atoms with Crippen LogP contribution in [-0.2, 0) is 0 Å². The van der Waals surface area contributed by atoms with Gasteiger partial charge >= 0.3 is 5.97 Å². The van der Waals surface area contributed by atoms with Crippen molar-refractivity contribution in [2.45, 2.75) is 0 Å². The van der Waals surface area contributed by atoms with Gasteiger partial charge in [0, 0.05) is 26.2 Å². The number of carbonyl (C=O) groups is 1. The molecule has 1 aromatic carbocycles. The highest BCUT2D eigenvalue weighted by Gasteiger charge is 2.26. The smallest absolute Gasteiger partial charge is 0.336 e. The molecule has 9 nitrogen and oxygen atoms in total. The van der Waals surface area contributed by atoms with Crippen LogP contribution in [0.15, 0.2) is 18.3 Å². The quantitative estimate of drug-likeness (QED) is 0.643. The van der Waals surface area contributed by atoms with Crippen LogP contribution in [0.1, 0.15) is 15.9 Å². The molecule has 0 bridgehead atoms. The second kappa shape index (κ2) is 5.78. The highest BCUT2D eigenvalue weighted by molar-refractivity contribution is 5.91. The first-order chi connectivity index (χ1) is 9.23. The molecule has 0 aromatic heterocycles. The van der Waals surface area contributed by atoms with Gasteiger partial charge in [0.15, 0.2) is 0 Å². The number of nitro groups is 2. The highest BCUT2D eigenvalue weighted by atomic mass is 16.6. The largest absolute Gasteiger partial charge is 0.478 e. The summed E-state index contributed by atoms with van der Waals surface area (Å²) in [6, 6.07) is 1.59. The van der Waals surface area contributed by atoms with Crippen LogP contribution >= 0.6 is 0 Å². The minimum absolute atomic E-state index is 0.251. The summed E-state index contributed by atoms with van der Waals surface area (Å²) >= 11 is 0. The fraction of sp³-hybridized carbons (Fsp3) is 0.182. The van der Waals surface area contributed by atoms with E-state index in [9.17, 15) is 25.0 Å². The number of aromatic carboxylic acids is 1. The lowest BCUT2D eigenvalue weighted by molar-refractivity contribution is -0.394. The summed E-state index contributed by atoms with van der Waals surface area (Å²) in [4.78, 5) is 32.6. The molecule has 0 aliphatic carbocycles. The summed E-state index contributed by atoms with van der Waals surface area (Å²) in [5.74, 6) is -1.47. The normalized spacial score (nSPS) is 10.5. The lowest BCUT2D eigenvalue weighted by Gasteiger charge is -2.05. The van der Waals surface area contributed by atoms with Crippen LogP contribution < -0.4 is 0 Å². The number of carboxylic acids is 1. The predicted molar refractivity (Wildman–Crippen MR) is 69.4 cm³/mol. The average molecular weight is 281 g/mol. The van der Waals surface area contributed by atoms with Crippen LogP contribution in [0.4, 0.5) is 11.4 Å². The first-order valence-corrected chi connectivity index (χ1v) is 5.28. The fourth-order valence-electron chi connectivity index (χ4n) is 1.44. The standard InChI is InChI=1S/C11H11N3O6/c1-12(2)4-3-8-9(13(17)18)5-7(11(15)16)6-10(8)14(19)20/h3-6H,1-2H3,(H,15,16). The van der Waals surface area contributed by atoms with Gasteiger partial charge in [0.05, 0.1) is 15.4 Å². The predicted octanol–water partition coefficient (Wildman–Crippen LogP) is 1.73. The van der Waals surface area contributed by atoms with Crippen LogP contribution in [0.2, 0.25) is 0 Å². The van der Waals surface area contributed by atoms with E-state index in [0.29, 0.717) is 0 Å². The zero-order valence-corrected chi connectivity index (χ0v) is 10.6. The third kappa shape index (κ3) is 3.28. The van der Waals surface area contributed by atoms with E-state index in [2.05, 4.69) is 0 Å². The number of hydrogen-bond acceptors (Lipinski definition) is 6. The maximum absolute atomic E-state index is 11.0. The Hall–Kier alpha value is -2.97. The molecular weight excluding hydrogens is 270 g/mol. The van der Waals surface area contributed by atoms with Crippen molar-refractivity contribution in [1.82, 2.24) is 4.90 Å². The van der Waals surface area contributed by atoms with E-state index in [-0.39, 0.29) is 5.56 Å². The molecule has 0 saturated heterocycles. The molecular formula is C11H11N3O6. The van der Waals surface area contributed by atoms with E-state index >= 15 is 0 Å². The summed E-state index contributed by atoms with van der Waals surface area (Å²) in [6.07, 6.45) is 2.59. The molecule has 0 aliphatic rings. The minimum Gasteiger partial charge on any atom is -0.478 e. The second-order valence-electron chi connectivity index (χ2n) is 4.03. The number of benzene rings is 1. The monoisotopic (exact) mass is 281 g/mol. The van der Waals surface area contributed by atoms with Gasteiger partial charge in [-0.15, -0.1) is 0 Å². The number of nitro benzene ring substituents is 2. The Morgan fingerprint density at radius 2 is 1.65 bits per heavy atom. The van der Waals surface area contributed by atoms with Crippen LogP contribution in [-0.4, -0.2) is 39.9 Å². The molecule has 1 N–H and O–H groups in total. The first kappa shape index (κ1) is 15.1. The number of rotatable bonds is 5. The summed E-state index contributed by atoms with van der Waals surface area (Å²) in [7, 11) is 3.28. The maximum atomic E-state index is 11.0. The molecule has 0 spiro atoms. The third-order valence-electron chi connectivity index (χ3n) is 2.32. The lowest BCUT2D eigenvalue weighted by atomic mass is 10.1. The van der Waals surface area contributed by atoms with Crippen molar-refractivity contribution in [3.63, 3.8) is 0 Å². The van der Waals surface area contributed by atoms with E-state index in [1.807, 2.05) is 0 Å². The van der Waals surface area contributed by atoms with Gasteiger partial charge in [0.2, 0.25) is 0 Å². The Balaban J connectivity index is 3.63. The Bertz CT molecular complexity index is 573. The van der Waals surface area contributed by atoms with Gasteiger partial charge in [-0.3, -0.25) is 20.2 Å².